The van der Waals surface area contributed by atoms with E-state index in [1.807, 2.05) is 41.8 Å². The Morgan fingerprint density at radius 3 is 2.62 bits per heavy atom. The average Bonchev–Trinajstić information content (AvgIpc) is 3.31. The van der Waals surface area contributed by atoms with Crippen LogP contribution in [0.2, 0.25) is 0 Å². The van der Waals surface area contributed by atoms with Crippen LogP contribution in [0.1, 0.15) is 35.0 Å². The van der Waals surface area contributed by atoms with E-state index in [1.54, 1.807) is 6.07 Å². The van der Waals surface area contributed by atoms with Crippen LogP contribution in [0.4, 0.5) is 5.69 Å². The monoisotopic (exact) mass is 362 g/mol. The van der Waals surface area contributed by atoms with Crippen molar-refractivity contribution in [2.45, 2.75) is 19.8 Å². The van der Waals surface area contributed by atoms with Gasteiger partial charge in [-0.05, 0) is 53.3 Å². The summed E-state index contributed by atoms with van der Waals surface area (Å²) in [6.07, 6.45) is 0. The molecule has 26 heavy (non-hydrogen) atoms. The molecule has 2 aromatic heterocycles. The fourth-order valence-electron chi connectivity index (χ4n) is 2.74. The van der Waals surface area contributed by atoms with Gasteiger partial charge in [-0.15, -0.1) is 11.3 Å². The second kappa shape index (κ2) is 6.77. The minimum Gasteiger partial charge on any atom is -0.436 e. The summed E-state index contributed by atoms with van der Waals surface area (Å²) in [5, 5.41) is 4.78. The van der Waals surface area contributed by atoms with Gasteiger partial charge in [0, 0.05) is 11.3 Å². The van der Waals surface area contributed by atoms with Crippen molar-refractivity contribution in [1.82, 2.24) is 4.98 Å². The van der Waals surface area contributed by atoms with Crippen LogP contribution in [0.3, 0.4) is 0 Å². The Morgan fingerprint density at radius 1 is 1.12 bits per heavy atom. The first-order valence-corrected chi connectivity index (χ1v) is 9.34. The van der Waals surface area contributed by atoms with Crippen molar-refractivity contribution in [2.24, 2.45) is 0 Å². The number of aromatic nitrogens is 1. The molecular weight excluding hydrogens is 344 g/mol. The molecule has 0 radical (unpaired) electrons. The van der Waals surface area contributed by atoms with Crippen molar-refractivity contribution in [3.8, 4) is 11.5 Å². The van der Waals surface area contributed by atoms with Crippen LogP contribution in [0.5, 0.6) is 0 Å². The van der Waals surface area contributed by atoms with Crippen LogP contribution in [0.15, 0.2) is 64.4 Å². The van der Waals surface area contributed by atoms with Gasteiger partial charge in [0.1, 0.15) is 5.52 Å². The number of fused-ring (bicyclic) bond motifs is 1. The zero-order valence-corrected chi connectivity index (χ0v) is 15.3. The van der Waals surface area contributed by atoms with Gasteiger partial charge >= 0.3 is 0 Å². The highest BCUT2D eigenvalue weighted by molar-refractivity contribution is 7.12. The lowest BCUT2D eigenvalue weighted by Gasteiger charge is -2.04. The number of amides is 1. The molecule has 4 nitrogen and oxygen atoms in total. The van der Waals surface area contributed by atoms with Gasteiger partial charge in [0.2, 0.25) is 5.89 Å². The third kappa shape index (κ3) is 3.26. The molecule has 0 aliphatic heterocycles. The number of nitrogens with one attached hydrogen (secondary N) is 1. The number of hydrogen-bond acceptors (Lipinski definition) is 4. The number of anilines is 1. The second-order valence-corrected chi connectivity index (χ2v) is 7.36. The van der Waals surface area contributed by atoms with E-state index in [9.17, 15) is 4.79 Å². The van der Waals surface area contributed by atoms with E-state index in [2.05, 4.69) is 36.3 Å². The maximum Gasteiger partial charge on any atom is 0.265 e. The average molecular weight is 362 g/mol. The Bertz CT molecular complexity index is 1050. The van der Waals surface area contributed by atoms with Gasteiger partial charge in [-0.25, -0.2) is 4.98 Å². The number of carbonyl (C=O) groups is 1. The number of carbonyl (C=O) groups excluding carboxylic acids is 1. The lowest BCUT2D eigenvalue weighted by Crippen LogP contribution is -2.09. The highest BCUT2D eigenvalue weighted by Gasteiger charge is 2.11. The quantitative estimate of drug-likeness (QED) is 0.489. The smallest absolute Gasteiger partial charge is 0.265 e. The Hall–Kier alpha value is -2.92. The molecule has 0 saturated carbocycles. The number of hydrogen-bond donors (Lipinski definition) is 1. The van der Waals surface area contributed by atoms with E-state index in [4.69, 9.17) is 4.42 Å². The van der Waals surface area contributed by atoms with Crippen molar-refractivity contribution in [3.05, 3.63) is 70.4 Å². The minimum absolute atomic E-state index is 0.118. The van der Waals surface area contributed by atoms with Crippen molar-refractivity contribution in [1.29, 1.82) is 0 Å². The number of oxazole rings is 1. The van der Waals surface area contributed by atoms with Crippen molar-refractivity contribution < 1.29 is 9.21 Å². The molecule has 0 bridgehead atoms. The number of thiophene rings is 1. The predicted octanol–water partition coefficient (Wildman–Crippen LogP) is 5.93. The van der Waals surface area contributed by atoms with Crippen molar-refractivity contribution in [2.75, 3.05) is 5.32 Å². The molecule has 4 rings (SSSR count). The van der Waals surface area contributed by atoms with Crippen LogP contribution in [0, 0.1) is 0 Å². The summed E-state index contributed by atoms with van der Waals surface area (Å²) in [7, 11) is 0. The molecule has 0 fully saturated rings. The molecule has 2 aromatic carbocycles. The molecular formula is C21H18N2O2S. The van der Waals surface area contributed by atoms with Crippen LogP contribution < -0.4 is 5.32 Å². The maximum absolute atomic E-state index is 12.2. The molecule has 2 heterocycles. The highest BCUT2D eigenvalue weighted by Crippen LogP contribution is 2.27. The lowest BCUT2D eigenvalue weighted by molar-refractivity contribution is 0.103. The minimum atomic E-state index is -0.118. The molecule has 130 valence electrons. The maximum atomic E-state index is 12.2. The Kier molecular flexibility index (Phi) is 4.31. The van der Waals surface area contributed by atoms with Crippen molar-refractivity contribution >= 4 is 34.0 Å². The van der Waals surface area contributed by atoms with Gasteiger partial charge in [-0.3, -0.25) is 4.79 Å². The van der Waals surface area contributed by atoms with Gasteiger partial charge < -0.3 is 9.73 Å². The first-order valence-electron chi connectivity index (χ1n) is 8.46. The zero-order valence-electron chi connectivity index (χ0n) is 14.5. The molecule has 4 aromatic rings. The topological polar surface area (TPSA) is 55.1 Å². The number of benzene rings is 2. The number of rotatable bonds is 4. The van der Waals surface area contributed by atoms with Crippen LogP contribution in [-0.4, -0.2) is 10.9 Å². The normalized spacial score (nSPS) is 11.2. The van der Waals surface area contributed by atoms with Crippen molar-refractivity contribution in [3.63, 3.8) is 0 Å². The summed E-state index contributed by atoms with van der Waals surface area (Å²) in [5.41, 5.74) is 4.34. The Balaban J connectivity index is 1.60. The molecule has 5 heteroatoms. The largest absolute Gasteiger partial charge is 0.436 e. The van der Waals surface area contributed by atoms with Crippen LogP contribution in [-0.2, 0) is 0 Å². The highest BCUT2D eigenvalue weighted by atomic mass is 32.1. The molecule has 0 atom stereocenters. The summed E-state index contributed by atoms with van der Waals surface area (Å²) < 4.78 is 5.86. The first kappa shape index (κ1) is 16.5. The van der Waals surface area contributed by atoms with Gasteiger partial charge in [-0.1, -0.05) is 32.0 Å². The fourth-order valence-corrected chi connectivity index (χ4v) is 3.36. The summed E-state index contributed by atoms with van der Waals surface area (Å²) in [6, 6.07) is 17.4. The van der Waals surface area contributed by atoms with E-state index in [0.29, 0.717) is 28.0 Å². The van der Waals surface area contributed by atoms with Gasteiger partial charge in [0.05, 0.1) is 4.88 Å². The van der Waals surface area contributed by atoms with Crippen LogP contribution >= 0.6 is 11.3 Å². The molecule has 0 unspecified atom stereocenters. The molecule has 0 saturated heterocycles. The third-order valence-corrected chi connectivity index (χ3v) is 5.08. The standard InChI is InChI=1S/C21H18N2O2S/c1-13(2)14-5-7-15(8-6-14)21-23-17-12-16(9-10-18(17)25-21)22-20(24)19-4-3-11-26-19/h3-13H,1-2H3,(H,22,24). The molecule has 1 N–H and O–H groups in total. The molecule has 0 aliphatic carbocycles. The van der Waals surface area contributed by atoms with Gasteiger partial charge in [0.25, 0.3) is 5.91 Å². The van der Waals surface area contributed by atoms with E-state index >= 15 is 0 Å². The lowest BCUT2D eigenvalue weighted by atomic mass is 10.0. The molecule has 0 aliphatic rings. The van der Waals surface area contributed by atoms with E-state index < -0.39 is 0 Å². The third-order valence-electron chi connectivity index (χ3n) is 4.21. The summed E-state index contributed by atoms with van der Waals surface area (Å²) in [5.74, 6) is 0.951. The number of nitrogens with zero attached hydrogens (tertiary/aromatic N) is 1. The summed E-state index contributed by atoms with van der Waals surface area (Å²) in [4.78, 5) is 17.4. The Labute approximate surface area is 155 Å². The van der Waals surface area contributed by atoms with Gasteiger partial charge in [0.15, 0.2) is 5.58 Å². The van der Waals surface area contributed by atoms with Crippen LogP contribution in [0.25, 0.3) is 22.6 Å². The van der Waals surface area contributed by atoms with E-state index in [-0.39, 0.29) is 5.91 Å². The Morgan fingerprint density at radius 2 is 1.92 bits per heavy atom. The second-order valence-electron chi connectivity index (χ2n) is 6.41. The fraction of sp³-hybridized carbons (Fsp3) is 0.143. The molecule has 0 spiro atoms. The summed E-state index contributed by atoms with van der Waals surface area (Å²) >= 11 is 1.41. The van der Waals surface area contributed by atoms with Gasteiger partial charge in [-0.2, -0.15) is 0 Å². The first-order chi connectivity index (χ1) is 12.6. The predicted molar refractivity (Wildman–Crippen MR) is 106 cm³/mol. The van der Waals surface area contributed by atoms with E-state index in [0.717, 1.165) is 11.1 Å². The SMILES string of the molecule is CC(C)c1ccc(-c2nc3cc(NC(=O)c4cccs4)ccc3o2)cc1. The zero-order chi connectivity index (χ0) is 18.1. The van der Waals surface area contributed by atoms with E-state index in [1.165, 1.54) is 16.9 Å². The molecule has 1 amide bonds. The summed E-state index contributed by atoms with van der Waals surface area (Å²) in [6.45, 7) is 4.33.